The SMILES string of the molecule is CC1(C)C2=CNc3ccccc3-c3cccc1c3/C=C/C([B]CC(C)(C)C(C)(C)O)=C2. The van der Waals surface area contributed by atoms with E-state index in [4.69, 9.17) is 0 Å². The fourth-order valence-electron chi connectivity index (χ4n) is 4.24. The molecule has 1 aliphatic heterocycles. The van der Waals surface area contributed by atoms with Crippen LogP contribution in [0.25, 0.3) is 17.2 Å². The van der Waals surface area contributed by atoms with Gasteiger partial charge < -0.3 is 10.4 Å². The van der Waals surface area contributed by atoms with Gasteiger partial charge in [0.05, 0.1) is 5.60 Å². The number of para-hydroxylation sites is 1. The first-order valence-corrected chi connectivity index (χ1v) is 11.2. The van der Waals surface area contributed by atoms with Crippen LogP contribution in [0, 0.1) is 5.41 Å². The second-order valence-corrected chi connectivity index (χ2v) is 10.5. The molecule has 0 unspecified atom stereocenters. The molecular formula is C28H33BNO. The van der Waals surface area contributed by atoms with E-state index in [9.17, 15) is 5.11 Å². The van der Waals surface area contributed by atoms with E-state index >= 15 is 0 Å². The lowest BCUT2D eigenvalue weighted by Crippen LogP contribution is -2.39. The monoisotopic (exact) mass is 410 g/mol. The molecule has 0 spiro atoms. The quantitative estimate of drug-likeness (QED) is 0.545. The molecule has 0 aromatic heterocycles. The van der Waals surface area contributed by atoms with Gasteiger partial charge in [-0.1, -0.05) is 94.1 Å². The third-order valence-corrected chi connectivity index (χ3v) is 7.37. The van der Waals surface area contributed by atoms with Crippen molar-refractivity contribution < 1.29 is 5.11 Å². The van der Waals surface area contributed by atoms with Gasteiger partial charge in [0.15, 0.2) is 7.28 Å². The molecule has 0 amide bonds. The van der Waals surface area contributed by atoms with Crippen LogP contribution in [0.4, 0.5) is 5.69 Å². The zero-order valence-corrected chi connectivity index (χ0v) is 19.6. The van der Waals surface area contributed by atoms with Crippen molar-refractivity contribution in [3.63, 3.8) is 0 Å². The van der Waals surface area contributed by atoms with Crippen molar-refractivity contribution in [3.05, 3.63) is 83.0 Å². The molecule has 1 heterocycles. The second kappa shape index (κ2) is 7.56. The molecule has 2 nitrogen and oxygen atoms in total. The van der Waals surface area contributed by atoms with Gasteiger partial charge in [-0.05, 0) is 47.6 Å². The maximum Gasteiger partial charge on any atom is 0.152 e. The maximum atomic E-state index is 10.6. The highest BCUT2D eigenvalue weighted by atomic mass is 16.3. The van der Waals surface area contributed by atoms with Crippen LogP contribution in [0.3, 0.4) is 0 Å². The Kier molecular flexibility index (Phi) is 5.30. The smallest absolute Gasteiger partial charge is 0.152 e. The van der Waals surface area contributed by atoms with Crippen molar-refractivity contribution in [3.8, 4) is 11.1 Å². The Balaban J connectivity index is 1.86. The number of nitrogens with one attached hydrogen (secondary N) is 1. The Morgan fingerprint density at radius 3 is 2.39 bits per heavy atom. The summed E-state index contributed by atoms with van der Waals surface area (Å²) in [6.45, 7) is 12.6. The van der Waals surface area contributed by atoms with E-state index in [2.05, 4.69) is 107 Å². The predicted octanol–water partition coefficient (Wildman–Crippen LogP) is 6.77. The standard InChI is InChI=1S/C28H33BNO/c1-26(2,28(5,6)31)18-29-20-14-15-22-21-11-9-12-24(22)27(3,4)19(16-20)17-30-25-13-8-7-10-23(21)25/h7-17,30-31H,18H2,1-6H3/b15-14+,19-17?,20-16?. The van der Waals surface area contributed by atoms with E-state index in [1.54, 1.807) is 0 Å². The summed E-state index contributed by atoms with van der Waals surface area (Å²) in [7, 11) is 2.26. The number of allylic oxidation sites excluding steroid dienone is 4. The number of fused-ring (bicyclic) bond motifs is 3. The molecule has 4 rings (SSSR count). The lowest BCUT2D eigenvalue weighted by atomic mass is 9.54. The van der Waals surface area contributed by atoms with Crippen LogP contribution in [-0.2, 0) is 5.41 Å². The van der Waals surface area contributed by atoms with Gasteiger partial charge in [0.1, 0.15) is 0 Å². The summed E-state index contributed by atoms with van der Waals surface area (Å²) in [4.78, 5) is 0. The Hall–Kier alpha value is -2.52. The van der Waals surface area contributed by atoms with Gasteiger partial charge >= 0.3 is 0 Å². The van der Waals surface area contributed by atoms with Crippen LogP contribution >= 0.6 is 0 Å². The van der Waals surface area contributed by atoms with Crippen LogP contribution in [0.5, 0.6) is 0 Å². The number of hydrogen-bond acceptors (Lipinski definition) is 2. The lowest BCUT2D eigenvalue weighted by molar-refractivity contribution is -0.0236. The van der Waals surface area contributed by atoms with Gasteiger partial charge in [0.2, 0.25) is 0 Å². The van der Waals surface area contributed by atoms with Crippen LogP contribution in [0.15, 0.2) is 71.9 Å². The predicted molar refractivity (Wildman–Crippen MR) is 134 cm³/mol. The second-order valence-electron chi connectivity index (χ2n) is 10.5. The Bertz CT molecular complexity index is 1100. The molecule has 3 heteroatoms. The average molecular weight is 410 g/mol. The number of hydrogen-bond donors (Lipinski definition) is 2. The molecule has 1 aliphatic carbocycles. The molecular weight excluding hydrogens is 377 g/mol. The molecule has 0 fully saturated rings. The zero-order valence-electron chi connectivity index (χ0n) is 19.6. The molecule has 2 N–H and O–H groups in total. The number of rotatable bonds is 4. The van der Waals surface area contributed by atoms with Crippen molar-refractivity contribution in [2.24, 2.45) is 5.41 Å². The van der Waals surface area contributed by atoms with Gasteiger partial charge in [-0.25, -0.2) is 0 Å². The fraction of sp³-hybridized carbons (Fsp3) is 0.357. The highest BCUT2D eigenvalue weighted by molar-refractivity contribution is 6.47. The van der Waals surface area contributed by atoms with Crippen LogP contribution in [0.2, 0.25) is 6.32 Å². The largest absolute Gasteiger partial charge is 0.390 e. The first kappa shape index (κ1) is 21.7. The van der Waals surface area contributed by atoms with Gasteiger partial charge in [-0.2, -0.15) is 0 Å². The van der Waals surface area contributed by atoms with E-state index in [1.165, 1.54) is 33.3 Å². The van der Waals surface area contributed by atoms with Crippen molar-refractivity contribution >= 4 is 19.0 Å². The molecule has 1 radical (unpaired) electrons. The van der Waals surface area contributed by atoms with Crippen LogP contribution in [0.1, 0.15) is 52.7 Å². The minimum absolute atomic E-state index is 0.157. The summed E-state index contributed by atoms with van der Waals surface area (Å²) >= 11 is 0. The Morgan fingerprint density at radius 2 is 1.65 bits per heavy atom. The van der Waals surface area contributed by atoms with Crippen LogP contribution in [-0.4, -0.2) is 18.0 Å². The minimum atomic E-state index is -0.751. The maximum absolute atomic E-state index is 10.6. The molecule has 2 aliphatic rings. The van der Waals surface area contributed by atoms with Gasteiger partial charge in [0.25, 0.3) is 0 Å². The summed E-state index contributed by atoms with van der Waals surface area (Å²) in [5.41, 5.74) is 7.46. The molecule has 159 valence electrons. The first-order chi connectivity index (χ1) is 14.5. The van der Waals surface area contributed by atoms with E-state index in [-0.39, 0.29) is 10.8 Å². The highest BCUT2D eigenvalue weighted by Crippen LogP contribution is 2.44. The number of aliphatic hydroxyl groups is 1. The Morgan fingerprint density at radius 1 is 0.935 bits per heavy atom. The lowest BCUT2D eigenvalue weighted by Gasteiger charge is -2.37. The third-order valence-electron chi connectivity index (χ3n) is 7.37. The van der Waals surface area contributed by atoms with Gasteiger partial charge in [-0.3, -0.25) is 0 Å². The van der Waals surface area contributed by atoms with E-state index in [1.807, 2.05) is 13.8 Å². The fourth-order valence-corrected chi connectivity index (χ4v) is 4.24. The van der Waals surface area contributed by atoms with Crippen molar-refractivity contribution in [1.82, 2.24) is 0 Å². The highest BCUT2D eigenvalue weighted by Gasteiger charge is 2.35. The summed E-state index contributed by atoms with van der Waals surface area (Å²) in [6, 6.07) is 15.2. The zero-order chi connectivity index (χ0) is 22.4. The van der Waals surface area contributed by atoms with E-state index < -0.39 is 5.60 Å². The van der Waals surface area contributed by atoms with Crippen molar-refractivity contribution in [2.75, 3.05) is 5.32 Å². The third kappa shape index (κ3) is 3.92. The molecule has 2 aromatic carbocycles. The topological polar surface area (TPSA) is 32.3 Å². The van der Waals surface area contributed by atoms with Gasteiger partial charge in [-0.15, -0.1) is 0 Å². The average Bonchev–Trinajstić information content (AvgIpc) is 2.72. The summed E-state index contributed by atoms with van der Waals surface area (Å²) in [6.07, 6.45) is 9.73. The normalized spacial score (nSPS) is 18.2. The molecule has 0 atom stereocenters. The summed E-state index contributed by atoms with van der Waals surface area (Å²) < 4.78 is 0. The molecule has 2 aromatic rings. The molecule has 31 heavy (non-hydrogen) atoms. The number of anilines is 1. The minimum Gasteiger partial charge on any atom is -0.390 e. The summed E-state index contributed by atoms with van der Waals surface area (Å²) in [5.74, 6) is 0. The molecule has 4 bridgehead atoms. The molecule has 0 saturated carbocycles. The van der Waals surface area contributed by atoms with Crippen LogP contribution < -0.4 is 5.32 Å². The first-order valence-electron chi connectivity index (χ1n) is 11.2. The Labute approximate surface area is 188 Å². The molecule has 0 saturated heterocycles. The van der Waals surface area contributed by atoms with Gasteiger partial charge in [0, 0.05) is 22.9 Å². The number of benzene rings is 2. The van der Waals surface area contributed by atoms with E-state index in [0.29, 0.717) is 0 Å². The van der Waals surface area contributed by atoms with Crippen molar-refractivity contribution in [1.29, 1.82) is 0 Å². The summed E-state index contributed by atoms with van der Waals surface area (Å²) in [5, 5.41) is 14.2. The van der Waals surface area contributed by atoms with Crippen molar-refractivity contribution in [2.45, 2.75) is 58.9 Å². The van der Waals surface area contributed by atoms with E-state index in [0.717, 1.165) is 12.0 Å².